The number of ether oxygens (including phenoxy) is 2. The predicted octanol–water partition coefficient (Wildman–Crippen LogP) is 2.64. The maximum absolute atomic E-state index is 11.4. The smallest absolute Gasteiger partial charge is 0.412 e. The van der Waals surface area contributed by atoms with E-state index in [4.69, 9.17) is 9.47 Å². The first-order valence-electron chi connectivity index (χ1n) is 9.20. The third-order valence-corrected chi connectivity index (χ3v) is 4.87. The fourth-order valence-corrected chi connectivity index (χ4v) is 3.37. The van der Waals surface area contributed by atoms with E-state index in [0.717, 1.165) is 38.3 Å². The molecule has 2 aromatic carbocycles. The molecular formula is C21H30ClN3O4. The number of para-hydroxylation sites is 1. The lowest BCUT2D eigenvalue weighted by molar-refractivity contribution is 0.200. The molecule has 3 N–H and O–H groups in total. The number of piperazine rings is 1. The molecule has 0 aliphatic carbocycles. The molecule has 1 saturated heterocycles. The Balaban J connectivity index is 0.00000210. The molecule has 1 fully saturated rings. The van der Waals surface area contributed by atoms with Crippen LogP contribution in [-0.2, 0) is 6.54 Å². The van der Waals surface area contributed by atoms with E-state index in [1.807, 2.05) is 12.1 Å². The molecule has 160 valence electrons. The highest BCUT2D eigenvalue weighted by atomic mass is 35.5. The van der Waals surface area contributed by atoms with E-state index < -0.39 is 6.09 Å². The van der Waals surface area contributed by atoms with E-state index in [1.165, 1.54) is 18.3 Å². The minimum Gasteiger partial charge on any atom is -0.493 e. The van der Waals surface area contributed by atoms with Crippen LogP contribution in [0.15, 0.2) is 42.5 Å². The van der Waals surface area contributed by atoms with Crippen molar-refractivity contribution in [1.29, 1.82) is 0 Å². The van der Waals surface area contributed by atoms with Crippen LogP contribution in [0.4, 0.5) is 10.5 Å². The Morgan fingerprint density at radius 3 is 2.38 bits per heavy atom. The summed E-state index contributed by atoms with van der Waals surface area (Å²) in [5.41, 5.74) is 3.79. The van der Waals surface area contributed by atoms with Gasteiger partial charge in [0.05, 0.1) is 7.11 Å². The normalized spacial score (nSPS) is 13.7. The zero-order chi connectivity index (χ0) is 19.2. The first-order valence-corrected chi connectivity index (χ1v) is 9.20. The van der Waals surface area contributed by atoms with Gasteiger partial charge in [0.15, 0.2) is 11.5 Å². The average molecular weight is 424 g/mol. The number of hydrogen-bond donors (Lipinski definition) is 1. The molecule has 0 radical (unpaired) electrons. The lowest BCUT2D eigenvalue weighted by Crippen LogP contribution is -2.46. The molecule has 8 heteroatoms. The summed E-state index contributed by atoms with van der Waals surface area (Å²) in [4.78, 5) is 16.3. The number of benzene rings is 2. The summed E-state index contributed by atoms with van der Waals surface area (Å²) < 4.78 is 10.6. The zero-order valence-electron chi connectivity index (χ0n) is 17.1. The molecule has 1 aliphatic heterocycles. The van der Waals surface area contributed by atoms with Gasteiger partial charge in [0.25, 0.3) is 0 Å². The Labute approximate surface area is 178 Å². The molecule has 29 heavy (non-hydrogen) atoms. The Morgan fingerprint density at radius 1 is 1.07 bits per heavy atom. The molecule has 0 saturated carbocycles. The standard InChI is InChI=1S/C21H27N3O3.ClH.H2O/c1-16-6-4-5-7-18(16)24-12-10-23(11-13-24)15-17-8-9-19(20(14-17)26-3)27-21(25)22-2;;/h4-9,14H,10-13,15H2,1-3H3,(H,22,25);1H;1H2. The quantitative estimate of drug-likeness (QED) is 0.799. The molecule has 3 rings (SSSR count). The summed E-state index contributed by atoms with van der Waals surface area (Å²) in [5.74, 6) is 0.986. The summed E-state index contributed by atoms with van der Waals surface area (Å²) in [6, 6.07) is 14.2. The number of nitrogens with zero attached hydrogens (tertiary/aromatic N) is 2. The van der Waals surface area contributed by atoms with Crippen LogP contribution in [0.5, 0.6) is 11.5 Å². The second-order valence-electron chi connectivity index (χ2n) is 6.67. The Kier molecular flexibility index (Phi) is 9.74. The highest BCUT2D eigenvalue weighted by molar-refractivity contribution is 5.85. The largest absolute Gasteiger partial charge is 0.493 e. The molecular weight excluding hydrogens is 394 g/mol. The molecule has 1 heterocycles. The maximum Gasteiger partial charge on any atom is 0.412 e. The van der Waals surface area contributed by atoms with Crippen LogP contribution in [0.25, 0.3) is 0 Å². The van der Waals surface area contributed by atoms with Crippen LogP contribution < -0.4 is 19.7 Å². The number of aryl methyl sites for hydroxylation is 1. The van der Waals surface area contributed by atoms with Crippen molar-refractivity contribution >= 4 is 24.2 Å². The van der Waals surface area contributed by atoms with E-state index in [2.05, 4.69) is 46.3 Å². The summed E-state index contributed by atoms with van der Waals surface area (Å²) >= 11 is 0. The maximum atomic E-state index is 11.4. The highest BCUT2D eigenvalue weighted by Gasteiger charge is 2.19. The summed E-state index contributed by atoms with van der Waals surface area (Å²) in [6.07, 6.45) is -0.506. The van der Waals surface area contributed by atoms with Gasteiger partial charge >= 0.3 is 6.09 Å². The molecule has 0 bridgehead atoms. The van der Waals surface area contributed by atoms with Gasteiger partial charge in [-0.3, -0.25) is 4.90 Å². The van der Waals surface area contributed by atoms with E-state index in [0.29, 0.717) is 11.5 Å². The minimum absolute atomic E-state index is 0. The number of halogens is 1. The second kappa shape index (κ2) is 11.5. The van der Waals surface area contributed by atoms with Crippen LogP contribution in [0, 0.1) is 6.92 Å². The molecule has 0 atom stereocenters. The first-order chi connectivity index (χ1) is 13.1. The van der Waals surface area contributed by atoms with Crippen LogP contribution in [0.3, 0.4) is 0 Å². The number of amides is 1. The van der Waals surface area contributed by atoms with Crippen molar-refractivity contribution in [3.8, 4) is 11.5 Å². The summed E-state index contributed by atoms with van der Waals surface area (Å²) in [6.45, 7) is 7.05. The fourth-order valence-electron chi connectivity index (χ4n) is 3.37. The van der Waals surface area contributed by atoms with Crippen LogP contribution in [0.2, 0.25) is 0 Å². The summed E-state index contributed by atoms with van der Waals surface area (Å²) in [7, 11) is 3.11. The molecule has 0 unspecified atom stereocenters. The lowest BCUT2D eigenvalue weighted by Gasteiger charge is -2.36. The van der Waals surface area contributed by atoms with Gasteiger partial charge in [0.2, 0.25) is 0 Å². The number of carbonyl (C=O) groups excluding carboxylic acids is 1. The predicted molar refractivity (Wildman–Crippen MR) is 118 cm³/mol. The van der Waals surface area contributed by atoms with Crippen molar-refractivity contribution in [2.24, 2.45) is 0 Å². The van der Waals surface area contributed by atoms with Crippen molar-refractivity contribution in [3.63, 3.8) is 0 Å². The molecule has 0 aromatic heterocycles. The number of rotatable bonds is 5. The average Bonchev–Trinajstić information content (AvgIpc) is 2.70. The number of nitrogens with one attached hydrogen (secondary N) is 1. The number of anilines is 1. The fraction of sp³-hybridized carbons (Fsp3) is 0.381. The van der Waals surface area contributed by atoms with Crippen LogP contribution in [0.1, 0.15) is 11.1 Å². The van der Waals surface area contributed by atoms with Crippen molar-refractivity contribution in [3.05, 3.63) is 53.6 Å². The van der Waals surface area contributed by atoms with Gasteiger partial charge in [0, 0.05) is 45.5 Å². The second-order valence-corrected chi connectivity index (χ2v) is 6.67. The topological polar surface area (TPSA) is 85.5 Å². The Morgan fingerprint density at radius 2 is 1.76 bits per heavy atom. The van der Waals surface area contributed by atoms with Gasteiger partial charge in [-0.25, -0.2) is 4.79 Å². The van der Waals surface area contributed by atoms with Crippen molar-refractivity contribution < 1.29 is 19.7 Å². The monoisotopic (exact) mass is 423 g/mol. The van der Waals surface area contributed by atoms with Gasteiger partial charge in [-0.2, -0.15) is 0 Å². The van der Waals surface area contributed by atoms with Crippen LogP contribution in [-0.4, -0.2) is 56.8 Å². The number of methoxy groups -OCH3 is 1. The molecule has 0 spiro atoms. The zero-order valence-corrected chi connectivity index (χ0v) is 17.9. The van der Waals surface area contributed by atoms with E-state index in [1.54, 1.807) is 13.2 Å². The van der Waals surface area contributed by atoms with Gasteiger partial charge in [-0.15, -0.1) is 12.4 Å². The Bertz CT molecular complexity index is 795. The number of carbonyl (C=O) groups is 1. The van der Waals surface area contributed by atoms with E-state index in [9.17, 15) is 4.79 Å². The van der Waals surface area contributed by atoms with Gasteiger partial charge in [0.1, 0.15) is 0 Å². The lowest BCUT2D eigenvalue weighted by atomic mass is 10.1. The minimum atomic E-state index is -0.506. The molecule has 1 amide bonds. The molecule has 2 aromatic rings. The van der Waals surface area contributed by atoms with E-state index >= 15 is 0 Å². The third-order valence-electron chi connectivity index (χ3n) is 4.87. The van der Waals surface area contributed by atoms with Crippen LogP contribution >= 0.6 is 12.4 Å². The first kappa shape index (κ1) is 24.6. The van der Waals surface area contributed by atoms with Gasteiger partial charge in [-0.05, 0) is 36.2 Å². The highest BCUT2D eigenvalue weighted by Crippen LogP contribution is 2.29. The number of hydrogen-bond acceptors (Lipinski definition) is 5. The van der Waals surface area contributed by atoms with E-state index in [-0.39, 0.29) is 17.9 Å². The van der Waals surface area contributed by atoms with Crippen molar-refractivity contribution in [1.82, 2.24) is 10.2 Å². The van der Waals surface area contributed by atoms with Gasteiger partial charge in [-0.1, -0.05) is 24.3 Å². The molecule has 7 nitrogen and oxygen atoms in total. The van der Waals surface area contributed by atoms with Crippen molar-refractivity contribution in [2.45, 2.75) is 13.5 Å². The Hall–Kier alpha value is -2.48. The molecule has 1 aliphatic rings. The van der Waals surface area contributed by atoms with Crippen molar-refractivity contribution in [2.75, 3.05) is 45.2 Å². The SMILES string of the molecule is CNC(=O)Oc1ccc(CN2CCN(c3ccccc3C)CC2)cc1OC.Cl.O. The van der Waals surface area contributed by atoms with Gasteiger partial charge < -0.3 is 25.2 Å². The third kappa shape index (κ3) is 6.25. The summed E-state index contributed by atoms with van der Waals surface area (Å²) in [5, 5.41) is 2.44.